The minimum absolute atomic E-state index is 0.00339. The molecule has 0 aliphatic heterocycles. The van der Waals surface area contributed by atoms with Crippen molar-refractivity contribution in [1.29, 1.82) is 0 Å². The minimum Gasteiger partial charge on any atom is -0.507 e. The number of carbonyl (C=O) groups is 1. The van der Waals surface area contributed by atoms with Crippen LogP contribution in [-0.2, 0) is 6.42 Å². The number of aliphatic hydroxyl groups excluding tert-OH is 1. The summed E-state index contributed by atoms with van der Waals surface area (Å²) in [6, 6.07) is 8.65. The molecule has 0 aliphatic rings. The SMILES string of the molecule is COc1cc(OC)c(C(=O)C=Cc2ccccc2Cl)c(O)c1CC(O)CN(C)C. The van der Waals surface area contributed by atoms with E-state index in [0.717, 1.165) is 0 Å². The van der Waals surface area contributed by atoms with Crippen LogP contribution >= 0.6 is 11.6 Å². The van der Waals surface area contributed by atoms with Crippen molar-refractivity contribution in [2.24, 2.45) is 0 Å². The lowest BCUT2D eigenvalue weighted by Crippen LogP contribution is -2.27. The van der Waals surface area contributed by atoms with E-state index in [2.05, 4.69) is 0 Å². The molecule has 7 heteroatoms. The van der Waals surface area contributed by atoms with Crippen LogP contribution in [0.3, 0.4) is 0 Å². The molecule has 2 rings (SSSR count). The molecule has 0 radical (unpaired) electrons. The highest BCUT2D eigenvalue weighted by Gasteiger charge is 2.24. The third kappa shape index (κ3) is 5.73. The topological polar surface area (TPSA) is 79.2 Å². The van der Waals surface area contributed by atoms with E-state index in [9.17, 15) is 15.0 Å². The molecule has 29 heavy (non-hydrogen) atoms. The Hall–Kier alpha value is -2.54. The number of methoxy groups -OCH3 is 2. The Morgan fingerprint density at radius 3 is 2.45 bits per heavy atom. The third-order valence-corrected chi connectivity index (χ3v) is 4.69. The van der Waals surface area contributed by atoms with Crippen molar-refractivity contribution in [2.45, 2.75) is 12.5 Å². The second-order valence-corrected chi connectivity index (χ2v) is 7.23. The highest BCUT2D eigenvalue weighted by Crippen LogP contribution is 2.40. The summed E-state index contributed by atoms with van der Waals surface area (Å²) in [4.78, 5) is 14.7. The number of aromatic hydroxyl groups is 1. The van der Waals surface area contributed by atoms with Crippen molar-refractivity contribution in [3.05, 3.63) is 58.1 Å². The van der Waals surface area contributed by atoms with Crippen LogP contribution in [0.1, 0.15) is 21.5 Å². The lowest BCUT2D eigenvalue weighted by molar-refractivity contribution is 0.104. The zero-order valence-corrected chi connectivity index (χ0v) is 17.7. The summed E-state index contributed by atoms with van der Waals surface area (Å²) >= 11 is 6.12. The van der Waals surface area contributed by atoms with Gasteiger partial charge in [-0.05, 0) is 37.9 Å². The van der Waals surface area contributed by atoms with Gasteiger partial charge in [0.25, 0.3) is 0 Å². The smallest absolute Gasteiger partial charge is 0.193 e. The Bertz CT molecular complexity index is 895. The van der Waals surface area contributed by atoms with E-state index in [0.29, 0.717) is 28.4 Å². The molecule has 0 saturated heterocycles. The fourth-order valence-electron chi connectivity index (χ4n) is 3.02. The Morgan fingerprint density at radius 1 is 1.21 bits per heavy atom. The molecule has 6 nitrogen and oxygen atoms in total. The van der Waals surface area contributed by atoms with Gasteiger partial charge in [0.1, 0.15) is 22.8 Å². The summed E-state index contributed by atoms with van der Waals surface area (Å²) in [5.74, 6) is -0.208. The van der Waals surface area contributed by atoms with Gasteiger partial charge in [-0.1, -0.05) is 29.8 Å². The molecule has 0 amide bonds. The Balaban J connectivity index is 2.45. The number of benzene rings is 2. The molecule has 0 saturated carbocycles. The maximum Gasteiger partial charge on any atom is 0.193 e. The zero-order chi connectivity index (χ0) is 21.6. The van der Waals surface area contributed by atoms with E-state index in [1.165, 1.54) is 26.4 Å². The first-order valence-corrected chi connectivity index (χ1v) is 9.42. The Morgan fingerprint density at radius 2 is 1.86 bits per heavy atom. The van der Waals surface area contributed by atoms with Crippen molar-refractivity contribution in [3.63, 3.8) is 0 Å². The lowest BCUT2D eigenvalue weighted by atomic mass is 9.97. The van der Waals surface area contributed by atoms with Crippen LogP contribution in [-0.4, -0.2) is 61.9 Å². The second kappa shape index (κ2) is 10.3. The average molecular weight is 420 g/mol. The summed E-state index contributed by atoms with van der Waals surface area (Å²) in [6.45, 7) is 0.393. The quantitative estimate of drug-likeness (QED) is 0.479. The Labute approximate surface area is 175 Å². The van der Waals surface area contributed by atoms with E-state index in [1.807, 2.05) is 25.1 Å². The number of carbonyl (C=O) groups excluding carboxylic acids is 1. The number of likely N-dealkylation sites (N-methyl/N-ethyl adjacent to an activating group) is 1. The van der Waals surface area contributed by atoms with Crippen LogP contribution in [0.2, 0.25) is 5.02 Å². The molecule has 2 aromatic rings. The number of hydrogen-bond acceptors (Lipinski definition) is 6. The van der Waals surface area contributed by atoms with Crippen molar-refractivity contribution < 1.29 is 24.5 Å². The fraction of sp³-hybridized carbons (Fsp3) is 0.318. The summed E-state index contributed by atoms with van der Waals surface area (Å²) in [7, 11) is 6.53. The third-order valence-electron chi connectivity index (χ3n) is 4.35. The van der Waals surface area contributed by atoms with Crippen LogP contribution in [0.25, 0.3) is 6.08 Å². The number of rotatable bonds is 9. The van der Waals surface area contributed by atoms with Gasteiger partial charge in [-0.25, -0.2) is 0 Å². The number of halogens is 1. The number of nitrogens with zero attached hydrogens (tertiary/aromatic N) is 1. The zero-order valence-electron chi connectivity index (χ0n) is 17.0. The number of phenolic OH excluding ortho intramolecular Hbond substituents is 1. The summed E-state index contributed by atoms with van der Waals surface area (Å²) in [6.07, 6.45) is 2.27. The largest absolute Gasteiger partial charge is 0.507 e. The van der Waals surface area contributed by atoms with Crippen LogP contribution < -0.4 is 9.47 Å². The standard InChI is InChI=1S/C22H26ClNO5/c1-24(2)13-15(25)11-16-19(28-3)12-20(29-4)21(22(16)27)18(26)10-9-14-7-5-6-8-17(14)23/h5-10,12,15,25,27H,11,13H2,1-4H3. The summed E-state index contributed by atoms with van der Waals surface area (Å²) in [5, 5.41) is 21.7. The first-order valence-electron chi connectivity index (χ1n) is 9.05. The molecule has 1 unspecified atom stereocenters. The van der Waals surface area contributed by atoms with Crippen LogP contribution in [0.4, 0.5) is 0 Å². The van der Waals surface area contributed by atoms with Gasteiger partial charge in [0.2, 0.25) is 0 Å². The van der Waals surface area contributed by atoms with Gasteiger partial charge < -0.3 is 24.6 Å². The van der Waals surface area contributed by atoms with Gasteiger partial charge in [-0.3, -0.25) is 4.79 Å². The van der Waals surface area contributed by atoms with E-state index < -0.39 is 11.9 Å². The molecule has 0 aromatic heterocycles. The molecule has 2 N–H and O–H groups in total. The molecule has 0 fully saturated rings. The number of hydrogen-bond donors (Lipinski definition) is 2. The first-order chi connectivity index (χ1) is 13.8. The predicted molar refractivity (Wildman–Crippen MR) is 114 cm³/mol. The van der Waals surface area contributed by atoms with Crippen LogP contribution in [0.5, 0.6) is 17.2 Å². The number of phenols is 1. The molecular formula is C22H26ClNO5. The lowest BCUT2D eigenvalue weighted by Gasteiger charge is -2.20. The van der Waals surface area contributed by atoms with Gasteiger partial charge in [-0.2, -0.15) is 0 Å². The highest BCUT2D eigenvalue weighted by atomic mass is 35.5. The van der Waals surface area contributed by atoms with Crippen molar-refractivity contribution in [3.8, 4) is 17.2 Å². The second-order valence-electron chi connectivity index (χ2n) is 6.82. The van der Waals surface area contributed by atoms with E-state index in [4.69, 9.17) is 21.1 Å². The molecule has 0 aliphatic carbocycles. The highest BCUT2D eigenvalue weighted by molar-refractivity contribution is 6.32. The minimum atomic E-state index is -0.750. The number of ether oxygens (including phenoxy) is 2. The van der Waals surface area contributed by atoms with Crippen molar-refractivity contribution in [1.82, 2.24) is 4.90 Å². The van der Waals surface area contributed by atoms with Gasteiger partial charge in [0.05, 0.1) is 20.3 Å². The van der Waals surface area contributed by atoms with Crippen LogP contribution in [0.15, 0.2) is 36.4 Å². The first kappa shape index (κ1) is 22.7. The van der Waals surface area contributed by atoms with Gasteiger partial charge in [0.15, 0.2) is 5.78 Å². The average Bonchev–Trinajstić information content (AvgIpc) is 2.67. The van der Waals surface area contributed by atoms with Gasteiger partial charge in [0, 0.05) is 29.6 Å². The molecule has 0 bridgehead atoms. The summed E-state index contributed by atoms with van der Waals surface area (Å²) < 4.78 is 10.6. The number of ketones is 1. The van der Waals surface area contributed by atoms with E-state index in [-0.39, 0.29) is 23.5 Å². The fourth-order valence-corrected chi connectivity index (χ4v) is 3.22. The monoisotopic (exact) mass is 419 g/mol. The molecule has 0 spiro atoms. The van der Waals surface area contributed by atoms with E-state index >= 15 is 0 Å². The van der Waals surface area contributed by atoms with Gasteiger partial charge in [-0.15, -0.1) is 0 Å². The number of aliphatic hydroxyl groups is 1. The number of allylic oxidation sites excluding steroid dienone is 1. The molecule has 156 valence electrons. The van der Waals surface area contributed by atoms with Crippen molar-refractivity contribution in [2.75, 3.05) is 34.9 Å². The molecule has 2 aromatic carbocycles. The molecule has 1 atom stereocenters. The molecular weight excluding hydrogens is 394 g/mol. The summed E-state index contributed by atoms with van der Waals surface area (Å²) in [5.41, 5.74) is 1.02. The van der Waals surface area contributed by atoms with Crippen molar-refractivity contribution >= 4 is 23.5 Å². The maximum atomic E-state index is 12.9. The van der Waals surface area contributed by atoms with E-state index in [1.54, 1.807) is 24.3 Å². The predicted octanol–water partition coefficient (Wildman–Crippen LogP) is 3.42. The Kier molecular flexibility index (Phi) is 8.08. The van der Waals surface area contributed by atoms with Crippen LogP contribution in [0, 0.1) is 0 Å². The maximum absolute atomic E-state index is 12.9. The normalized spacial score (nSPS) is 12.4. The molecule has 0 heterocycles. The van der Waals surface area contributed by atoms with Gasteiger partial charge >= 0.3 is 0 Å².